The molecule has 0 bridgehead atoms. The van der Waals surface area contributed by atoms with E-state index < -0.39 is 0 Å². The van der Waals surface area contributed by atoms with Crippen molar-refractivity contribution in [3.8, 4) is 0 Å². The fourth-order valence-electron chi connectivity index (χ4n) is 4.80. The van der Waals surface area contributed by atoms with Gasteiger partial charge in [-0.3, -0.25) is 0 Å². The Morgan fingerprint density at radius 3 is 2.65 bits per heavy atom. The van der Waals surface area contributed by atoms with Crippen LogP contribution in [0, 0.1) is 11.8 Å². The first-order valence-electron chi connectivity index (χ1n) is 8.92. The second-order valence-electron chi connectivity index (χ2n) is 7.56. The lowest BCUT2D eigenvalue weighted by atomic mass is 9.86. The average Bonchev–Trinajstić information content (AvgIpc) is 2.91. The van der Waals surface area contributed by atoms with E-state index >= 15 is 0 Å². The highest BCUT2D eigenvalue weighted by atomic mass is 15.1. The molecule has 3 aliphatic rings. The summed E-state index contributed by atoms with van der Waals surface area (Å²) in [6.45, 7) is 6.20. The van der Waals surface area contributed by atoms with Crippen molar-refractivity contribution in [1.29, 1.82) is 0 Å². The molecule has 0 aromatic rings. The maximum atomic E-state index is 4.07. The molecular formula is C17H33N3. The van der Waals surface area contributed by atoms with Gasteiger partial charge in [-0.15, -0.1) is 0 Å². The van der Waals surface area contributed by atoms with Crippen molar-refractivity contribution in [3.63, 3.8) is 0 Å². The van der Waals surface area contributed by atoms with Crippen molar-refractivity contribution in [2.75, 3.05) is 26.7 Å². The van der Waals surface area contributed by atoms with E-state index in [1.807, 2.05) is 0 Å². The number of hydrogen-bond donors (Lipinski definition) is 2. The molecule has 3 nitrogen and oxygen atoms in total. The minimum atomic E-state index is 0.750. The van der Waals surface area contributed by atoms with E-state index in [9.17, 15) is 0 Å². The lowest BCUT2D eigenvalue weighted by Crippen LogP contribution is -2.54. The fourth-order valence-corrected chi connectivity index (χ4v) is 4.80. The van der Waals surface area contributed by atoms with Crippen LogP contribution in [0.2, 0.25) is 0 Å². The molecule has 3 fully saturated rings. The highest BCUT2D eigenvalue weighted by molar-refractivity contribution is 4.95. The monoisotopic (exact) mass is 279 g/mol. The Hall–Kier alpha value is -0.120. The first kappa shape index (κ1) is 14.8. The zero-order valence-electron chi connectivity index (χ0n) is 13.4. The zero-order valence-corrected chi connectivity index (χ0v) is 13.4. The predicted octanol–water partition coefficient (Wildman–Crippen LogP) is 2.23. The largest absolute Gasteiger partial charge is 0.314 e. The Bertz CT molecular complexity index is 301. The van der Waals surface area contributed by atoms with Gasteiger partial charge in [-0.1, -0.05) is 19.8 Å². The van der Waals surface area contributed by atoms with Crippen molar-refractivity contribution in [2.45, 2.75) is 70.0 Å². The van der Waals surface area contributed by atoms with Gasteiger partial charge in [-0.25, -0.2) is 0 Å². The molecule has 3 rings (SSSR count). The Morgan fingerprint density at radius 1 is 1.00 bits per heavy atom. The van der Waals surface area contributed by atoms with Gasteiger partial charge >= 0.3 is 0 Å². The molecule has 5 unspecified atom stereocenters. The van der Waals surface area contributed by atoms with Crippen molar-refractivity contribution in [1.82, 2.24) is 15.5 Å². The quantitative estimate of drug-likeness (QED) is 0.829. The molecule has 0 amide bonds. The van der Waals surface area contributed by atoms with Gasteiger partial charge in [-0.2, -0.15) is 0 Å². The van der Waals surface area contributed by atoms with Crippen molar-refractivity contribution in [2.24, 2.45) is 11.8 Å². The molecule has 2 saturated heterocycles. The zero-order chi connectivity index (χ0) is 13.9. The molecule has 1 aliphatic carbocycles. The van der Waals surface area contributed by atoms with Gasteiger partial charge in [-0.05, 0) is 64.1 Å². The Kier molecular flexibility index (Phi) is 5.00. The van der Waals surface area contributed by atoms with Crippen LogP contribution >= 0.6 is 0 Å². The van der Waals surface area contributed by atoms with E-state index in [0.717, 1.165) is 30.0 Å². The third-order valence-corrected chi connectivity index (χ3v) is 5.97. The fraction of sp³-hybridized carbons (Fsp3) is 1.00. The summed E-state index contributed by atoms with van der Waals surface area (Å²) in [6, 6.07) is 2.33. The maximum absolute atomic E-state index is 4.07. The van der Waals surface area contributed by atoms with Crippen LogP contribution in [-0.2, 0) is 0 Å². The average molecular weight is 279 g/mol. The number of hydrogen-bond acceptors (Lipinski definition) is 3. The van der Waals surface area contributed by atoms with Crippen LogP contribution in [0.1, 0.15) is 51.9 Å². The van der Waals surface area contributed by atoms with E-state index in [1.54, 1.807) is 0 Å². The van der Waals surface area contributed by atoms with Gasteiger partial charge in [0.15, 0.2) is 0 Å². The predicted molar refractivity (Wildman–Crippen MR) is 85.0 cm³/mol. The molecule has 0 aromatic carbocycles. The summed E-state index contributed by atoms with van der Waals surface area (Å²) < 4.78 is 0. The summed E-state index contributed by atoms with van der Waals surface area (Å²) in [7, 11) is 2.26. The standard InChI is InChI=1S/C17H33N3/c1-13-12-20(2)11-9-15(13)19-17-8-5-6-14(17)16-7-3-4-10-18-16/h13-19H,3-12H2,1-2H3. The molecule has 2 heterocycles. The second-order valence-corrected chi connectivity index (χ2v) is 7.56. The second kappa shape index (κ2) is 6.76. The molecule has 2 N–H and O–H groups in total. The molecular weight excluding hydrogens is 246 g/mol. The first-order chi connectivity index (χ1) is 9.74. The van der Waals surface area contributed by atoms with Crippen molar-refractivity contribution < 1.29 is 0 Å². The van der Waals surface area contributed by atoms with Gasteiger partial charge in [0.05, 0.1) is 0 Å². The Balaban J connectivity index is 1.55. The van der Waals surface area contributed by atoms with Gasteiger partial charge < -0.3 is 15.5 Å². The van der Waals surface area contributed by atoms with E-state index in [4.69, 9.17) is 0 Å². The molecule has 116 valence electrons. The van der Waals surface area contributed by atoms with E-state index in [2.05, 4.69) is 29.5 Å². The molecule has 0 aromatic heterocycles. The Morgan fingerprint density at radius 2 is 1.90 bits per heavy atom. The summed E-state index contributed by atoms with van der Waals surface area (Å²) in [5.41, 5.74) is 0. The number of piperidine rings is 2. The first-order valence-corrected chi connectivity index (χ1v) is 8.92. The highest BCUT2D eigenvalue weighted by Gasteiger charge is 2.36. The smallest absolute Gasteiger partial charge is 0.0120 e. The summed E-state index contributed by atoms with van der Waals surface area (Å²) in [5, 5.41) is 7.87. The molecule has 5 atom stereocenters. The Labute approximate surface area is 124 Å². The van der Waals surface area contributed by atoms with Crippen molar-refractivity contribution in [3.05, 3.63) is 0 Å². The van der Waals surface area contributed by atoms with E-state index in [1.165, 1.54) is 64.6 Å². The number of rotatable bonds is 3. The minimum absolute atomic E-state index is 0.750. The van der Waals surface area contributed by atoms with Crippen molar-refractivity contribution >= 4 is 0 Å². The lowest BCUT2D eigenvalue weighted by molar-refractivity contribution is 0.151. The molecule has 3 heteroatoms. The van der Waals surface area contributed by atoms with Gasteiger partial charge in [0, 0.05) is 24.7 Å². The maximum Gasteiger partial charge on any atom is 0.0120 e. The van der Waals surface area contributed by atoms with Crippen LogP contribution in [0.15, 0.2) is 0 Å². The number of nitrogens with one attached hydrogen (secondary N) is 2. The summed E-state index contributed by atoms with van der Waals surface area (Å²) in [6.07, 6.45) is 9.84. The lowest BCUT2D eigenvalue weighted by Gasteiger charge is -2.40. The normalized spacial score (nSPS) is 43.8. The molecule has 0 radical (unpaired) electrons. The molecule has 0 spiro atoms. The van der Waals surface area contributed by atoms with Gasteiger partial charge in [0.1, 0.15) is 0 Å². The van der Waals surface area contributed by atoms with Crippen LogP contribution < -0.4 is 10.6 Å². The molecule has 1 saturated carbocycles. The molecule has 2 aliphatic heterocycles. The van der Waals surface area contributed by atoms with Gasteiger partial charge in [0.25, 0.3) is 0 Å². The van der Waals surface area contributed by atoms with Crippen LogP contribution in [0.4, 0.5) is 0 Å². The summed E-state index contributed by atoms with van der Waals surface area (Å²) in [4.78, 5) is 2.48. The summed E-state index contributed by atoms with van der Waals surface area (Å²) >= 11 is 0. The van der Waals surface area contributed by atoms with Crippen LogP contribution in [0.5, 0.6) is 0 Å². The minimum Gasteiger partial charge on any atom is -0.314 e. The third kappa shape index (κ3) is 3.37. The number of nitrogens with zero attached hydrogens (tertiary/aromatic N) is 1. The van der Waals surface area contributed by atoms with E-state index in [-0.39, 0.29) is 0 Å². The number of likely N-dealkylation sites (tertiary alicyclic amines) is 1. The topological polar surface area (TPSA) is 27.3 Å². The third-order valence-electron chi connectivity index (χ3n) is 5.97. The van der Waals surface area contributed by atoms with Gasteiger partial charge in [0.2, 0.25) is 0 Å². The van der Waals surface area contributed by atoms with Crippen LogP contribution in [-0.4, -0.2) is 49.7 Å². The SMILES string of the molecule is CC1CN(C)CCC1NC1CCCC1C1CCCCN1. The molecule has 20 heavy (non-hydrogen) atoms. The summed E-state index contributed by atoms with van der Waals surface area (Å²) in [5.74, 6) is 1.69. The highest BCUT2D eigenvalue weighted by Crippen LogP contribution is 2.33. The van der Waals surface area contributed by atoms with E-state index in [0.29, 0.717) is 0 Å². The van der Waals surface area contributed by atoms with Crippen LogP contribution in [0.3, 0.4) is 0 Å². The van der Waals surface area contributed by atoms with Crippen LogP contribution in [0.25, 0.3) is 0 Å².